The van der Waals surface area contributed by atoms with Gasteiger partial charge in [0.15, 0.2) is 0 Å². The molecule has 17 heavy (non-hydrogen) atoms. The molecular formula is C15H25NO. The fourth-order valence-electron chi connectivity index (χ4n) is 4.06. The van der Waals surface area contributed by atoms with Gasteiger partial charge in [0.1, 0.15) is 6.10 Å². The van der Waals surface area contributed by atoms with E-state index in [9.17, 15) is 0 Å². The zero-order valence-corrected chi connectivity index (χ0v) is 11.6. The summed E-state index contributed by atoms with van der Waals surface area (Å²) in [5, 5.41) is 9.16. The second kappa shape index (κ2) is 4.30. The Morgan fingerprint density at radius 3 is 2.71 bits per heavy atom. The Hall–Kier alpha value is -0.520. The van der Waals surface area contributed by atoms with E-state index in [1.807, 2.05) is 0 Å². The predicted octanol–water partition coefficient (Wildman–Crippen LogP) is 2.27. The topological polar surface area (TPSA) is 23.5 Å². The highest BCUT2D eigenvalue weighted by Gasteiger charge is 2.49. The lowest BCUT2D eigenvalue weighted by molar-refractivity contribution is 0.129. The molecule has 0 spiro atoms. The lowest BCUT2D eigenvalue weighted by atomic mass is 9.65. The lowest BCUT2D eigenvalue weighted by Gasteiger charge is -2.39. The van der Waals surface area contributed by atoms with Crippen LogP contribution in [-0.4, -0.2) is 35.2 Å². The maximum atomic E-state index is 9.16. The maximum Gasteiger partial charge on any atom is 0.112 e. The van der Waals surface area contributed by atoms with E-state index in [0.717, 1.165) is 6.54 Å². The van der Waals surface area contributed by atoms with Gasteiger partial charge in [0, 0.05) is 12.6 Å². The maximum absolute atomic E-state index is 9.16. The summed E-state index contributed by atoms with van der Waals surface area (Å²) in [5.74, 6) is 5.96. The summed E-state index contributed by atoms with van der Waals surface area (Å²) in [4.78, 5) is 2.52. The molecule has 0 radical (unpaired) electrons. The molecule has 2 aliphatic rings. The zero-order valence-electron chi connectivity index (χ0n) is 11.6. The molecule has 2 fully saturated rings. The normalized spacial score (nSPS) is 37.4. The highest BCUT2D eigenvalue weighted by atomic mass is 16.3. The van der Waals surface area contributed by atoms with E-state index < -0.39 is 6.10 Å². The molecule has 1 unspecified atom stereocenters. The minimum absolute atomic E-state index is 0.476. The first-order valence-corrected chi connectivity index (χ1v) is 6.70. The van der Waals surface area contributed by atoms with Crippen LogP contribution in [0.4, 0.5) is 0 Å². The van der Waals surface area contributed by atoms with Gasteiger partial charge in [-0.05, 0) is 37.0 Å². The van der Waals surface area contributed by atoms with E-state index in [1.54, 1.807) is 6.92 Å². The Labute approximate surface area is 105 Å². The lowest BCUT2D eigenvalue weighted by Crippen LogP contribution is -2.34. The molecule has 0 aromatic carbocycles. The molecule has 96 valence electrons. The average molecular weight is 235 g/mol. The van der Waals surface area contributed by atoms with Crippen LogP contribution in [0.5, 0.6) is 0 Å². The van der Waals surface area contributed by atoms with Crippen molar-refractivity contribution in [3.8, 4) is 11.8 Å². The third kappa shape index (κ3) is 3.03. The van der Waals surface area contributed by atoms with Gasteiger partial charge in [0.2, 0.25) is 0 Å². The molecule has 0 aromatic heterocycles. The molecular weight excluding hydrogens is 210 g/mol. The molecule has 1 N–H and O–H groups in total. The smallest absolute Gasteiger partial charge is 0.112 e. The summed E-state index contributed by atoms with van der Waals surface area (Å²) in [6.07, 6.45) is 3.45. The van der Waals surface area contributed by atoms with Crippen LogP contribution in [0.3, 0.4) is 0 Å². The van der Waals surface area contributed by atoms with E-state index in [0.29, 0.717) is 16.9 Å². The van der Waals surface area contributed by atoms with Crippen LogP contribution >= 0.6 is 0 Å². The largest absolute Gasteiger partial charge is 0.381 e. The highest BCUT2D eigenvalue weighted by Crippen LogP contribution is 2.52. The molecule has 2 nitrogen and oxygen atoms in total. The van der Waals surface area contributed by atoms with Crippen LogP contribution in [0.1, 0.15) is 47.0 Å². The van der Waals surface area contributed by atoms with Crippen molar-refractivity contribution in [2.75, 3.05) is 13.1 Å². The molecule has 2 bridgehead atoms. The molecule has 2 rings (SSSR count). The van der Waals surface area contributed by atoms with Crippen LogP contribution < -0.4 is 0 Å². The van der Waals surface area contributed by atoms with Crippen molar-refractivity contribution in [1.29, 1.82) is 0 Å². The Morgan fingerprint density at radius 1 is 1.35 bits per heavy atom. The number of aliphatic hydroxyl groups is 1. The summed E-state index contributed by atoms with van der Waals surface area (Å²) in [7, 11) is 0. The van der Waals surface area contributed by atoms with Gasteiger partial charge in [-0.2, -0.15) is 0 Å². The number of rotatable bonds is 1. The van der Waals surface area contributed by atoms with Gasteiger partial charge in [0.25, 0.3) is 0 Å². The van der Waals surface area contributed by atoms with Crippen molar-refractivity contribution < 1.29 is 5.11 Å². The minimum Gasteiger partial charge on any atom is -0.381 e. The van der Waals surface area contributed by atoms with Gasteiger partial charge in [-0.25, -0.2) is 0 Å². The van der Waals surface area contributed by atoms with E-state index in [4.69, 9.17) is 5.11 Å². The van der Waals surface area contributed by atoms with Crippen molar-refractivity contribution in [3.63, 3.8) is 0 Å². The second-order valence-corrected chi connectivity index (χ2v) is 7.12. The third-order valence-electron chi connectivity index (χ3n) is 4.12. The number of hydrogen-bond donors (Lipinski definition) is 1. The van der Waals surface area contributed by atoms with Crippen LogP contribution in [0.2, 0.25) is 0 Å². The molecule has 2 heteroatoms. The van der Waals surface area contributed by atoms with Gasteiger partial charge in [-0.3, -0.25) is 4.90 Å². The predicted molar refractivity (Wildman–Crippen MR) is 70.6 cm³/mol. The van der Waals surface area contributed by atoms with Crippen molar-refractivity contribution in [3.05, 3.63) is 0 Å². The first-order chi connectivity index (χ1) is 7.80. The molecule has 1 saturated carbocycles. The van der Waals surface area contributed by atoms with E-state index in [1.165, 1.54) is 25.8 Å². The summed E-state index contributed by atoms with van der Waals surface area (Å²) in [5.41, 5.74) is 0.961. The van der Waals surface area contributed by atoms with Crippen LogP contribution in [-0.2, 0) is 0 Å². The molecule has 0 amide bonds. The molecule has 3 atom stereocenters. The first kappa shape index (κ1) is 12.9. The van der Waals surface area contributed by atoms with Crippen LogP contribution in [0, 0.1) is 22.7 Å². The number of nitrogens with zero attached hydrogens (tertiary/aromatic N) is 1. The van der Waals surface area contributed by atoms with Gasteiger partial charge in [-0.15, -0.1) is 0 Å². The summed E-state index contributed by atoms with van der Waals surface area (Å²) in [6, 6.07) is 0.701. The SMILES string of the molecule is CC(O)C#CCN1C[C@]2(C)C[C@H]1CC(C)(C)C2. The Balaban J connectivity index is 2.02. The Bertz CT molecular complexity index is 350. The number of fused-ring (bicyclic) bond motifs is 2. The molecule has 0 aromatic rings. The van der Waals surface area contributed by atoms with Crippen molar-refractivity contribution in [2.45, 2.75) is 59.1 Å². The fourth-order valence-corrected chi connectivity index (χ4v) is 4.06. The fraction of sp³-hybridized carbons (Fsp3) is 0.867. The van der Waals surface area contributed by atoms with Crippen molar-refractivity contribution in [2.24, 2.45) is 10.8 Å². The molecule has 1 aliphatic carbocycles. The van der Waals surface area contributed by atoms with E-state index in [-0.39, 0.29) is 0 Å². The standard InChI is InChI=1S/C15H25NO/c1-12(17)6-5-7-16-11-15(4)9-13(16)8-14(2,3)10-15/h12-13,17H,7-11H2,1-4H3/t12?,13-,15-/m1/s1. The van der Waals surface area contributed by atoms with E-state index >= 15 is 0 Å². The van der Waals surface area contributed by atoms with Gasteiger partial charge in [0.05, 0.1) is 6.54 Å². The van der Waals surface area contributed by atoms with Gasteiger partial charge < -0.3 is 5.11 Å². The van der Waals surface area contributed by atoms with Crippen LogP contribution in [0.15, 0.2) is 0 Å². The summed E-state index contributed by atoms with van der Waals surface area (Å²) in [6.45, 7) is 10.9. The Morgan fingerprint density at radius 2 is 2.06 bits per heavy atom. The third-order valence-corrected chi connectivity index (χ3v) is 4.12. The first-order valence-electron chi connectivity index (χ1n) is 6.70. The van der Waals surface area contributed by atoms with Gasteiger partial charge >= 0.3 is 0 Å². The summed E-state index contributed by atoms with van der Waals surface area (Å²) < 4.78 is 0. The molecule has 1 heterocycles. The second-order valence-electron chi connectivity index (χ2n) is 7.12. The minimum atomic E-state index is -0.496. The van der Waals surface area contributed by atoms with Crippen LogP contribution in [0.25, 0.3) is 0 Å². The number of likely N-dealkylation sites (tertiary alicyclic amines) is 1. The monoisotopic (exact) mass is 235 g/mol. The zero-order chi connectivity index (χ0) is 12.7. The van der Waals surface area contributed by atoms with E-state index in [2.05, 4.69) is 37.5 Å². The van der Waals surface area contributed by atoms with Gasteiger partial charge in [-0.1, -0.05) is 32.6 Å². The molecule has 1 aliphatic heterocycles. The number of hydrogen-bond acceptors (Lipinski definition) is 2. The van der Waals surface area contributed by atoms with Crippen molar-refractivity contribution in [1.82, 2.24) is 4.90 Å². The van der Waals surface area contributed by atoms with Crippen molar-refractivity contribution >= 4 is 0 Å². The number of aliphatic hydroxyl groups excluding tert-OH is 1. The Kier molecular flexibility index (Phi) is 3.27. The quantitative estimate of drug-likeness (QED) is 0.705. The molecule has 1 saturated heterocycles. The average Bonchev–Trinajstić information content (AvgIpc) is 2.34. The highest BCUT2D eigenvalue weighted by molar-refractivity contribution is 5.09. The summed E-state index contributed by atoms with van der Waals surface area (Å²) >= 11 is 0.